The molecule has 0 amide bonds. The zero-order valence-corrected chi connectivity index (χ0v) is 23.3. The van der Waals surface area contributed by atoms with E-state index in [0.717, 1.165) is 0 Å². The molecular weight excluding hydrogens is 456 g/mol. The van der Waals surface area contributed by atoms with Crippen molar-refractivity contribution in [1.82, 2.24) is 0 Å². The van der Waals surface area contributed by atoms with Crippen molar-refractivity contribution in [1.29, 1.82) is 0 Å². The molecule has 0 fully saturated rings. The Morgan fingerprint density at radius 2 is 0.720 bits per heavy atom. The molecule has 0 rings (SSSR count). The van der Waals surface area contributed by atoms with Crippen LogP contribution in [0.5, 0.6) is 0 Å². The van der Waals surface area contributed by atoms with Gasteiger partial charge in [0.15, 0.2) is 0 Å². The summed E-state index contributed by atoms with van der Waals surface area (Å²) in [6.07, 6.45) is 5.30. The second-order valence-electron chi connectivity index (χ2n) is 7.65. The van der Waals surface area contributed by atoms with Gasteiger partial charge in [-0.1, -0.05) is 68.2 Å². The molecule has 0 aromatic rings. The first-order chi connectivity index (χ1) is 10.1. The minimum absolute atomic E-state index is 0. The normalized spacial score (nSPS) is 11.4. The van der Waals surface area contributed by atoms with Crippen LogP contribution >= 0.6 is 13.4 Å². The van der Waals surface area contributed by atoms with Crippen LogP contribution in [0.3, 0.4) is 0 Å². The third-order valence-electron chi connectivity index (χ3n) is 2.00. The molecule has 0 spiro atoms. The Morgan fingerprint density at radius 3 is 0.720 bits per heavy atom. The van der Waals surface area contributed by atoms with Gasteiger partial charge in [-0.25, -0.2) is 0 Å². The zero-order chi connectivity index (χ0) is 20.8. The van der Waals surface area contributed by atoms with Gasteiger partial charge in [-0.3, -0.25) is 0 Å². The number of rotatable bonds is 2. The Hall–Kier alpha value is 1.68. The van der Waals surface area contributed by atoms with E-state index in [4.69, 9.17) is 29.4 Å². The molecule has 25 heavy (non-hydrogen) atoms. The Morgan fingerprint density at radius 1 is 0.600 bits per heavy atom. The quantitative estimate of drug-likeness (QED) is 0.252. The Kier molecular flexibility index (Phi) is 26.6. The maximum Gasteiger partial charge on any atom is 0.319 e. The summed E-state index contributed by atoms with van der Waals surface area (Å²) in [7, 11) is 0. The first-order valence-electron chi connectivity index (χ1n) is 7.69. The van der Waals surface area contributed by atoms with E-state index in [1.165, 1.54) is 25.7 Å². The van der Waals surface area contributed by atoms with Crippen LogP contribution < -0.4 is 0 Å². The average molecular weight is 494 g/mol. The maximum atomic E-state index is 7.56. The number of hydrogen-bond acceptors (Lipinski definition) is 2. The van der Waals surface area contributed by atoms with Crippen LogP contribution in [0.4, 0.5) is 0 Å². The molecule has 0 heterocycles. The molecule has 0 unspecified atom stereocenters. The standard InChI is InChI=1S/2C7H16.2H3O3PS.Zn/c2*1-5-6-7(2,3)4;2*1-4(2,3)5;/h2*5-6H2,1-4H3;2*(H3,1,2,3,5);. The minimum Gasteiger partial charge on any atom is -0.325 e. The Labute approximate surface area is 177 Å². The third kappa shape index (κ3) is 154. The second kappa shape index (κ2) is 17.8. The summed E-state index contributed by atoms with van der Waals surface area (Å²) >= 11 is 7.21. The van der Waals surface area contributed by atoms with Gasteiger partial charge in [-0.2, -0.15) is 0 Å². The molecule has 0 bridgehead atoms. The van der Waals surface area contributed by atoms with Crippen molar-refractivity contribution in [2.75, 3.05) is 0 Å². The van der Waals surface area contributed by atoms with Crippen LogP contribution in [-0.4, -0.2) is 29.4 Å². The summed E-state index contributed by atoms with van der Waals surface area (Å²) in [5, 5.41) is 0. The molecule has 0 saturated heterocycles. The largest absolute Gasteiger partial charge is 0.325 e. The van der Waals surface area contributed by atoms with E-state index in [1.807, 2.05) is 0 Å². The van der Waals surface area contributed by atoms with E-state index in [1.54, 1.807) is 0 Å². The molecular formula is C14H38O6P2S2Zn. The van der Waals surface area contributed by atoms with Crippen LogP contribution in [0.2, 0.25) is 0 Å². The summed E-state index contributed by atoms with van der Waals surface area (Å²) < 4.78 is 0. The van der Waals surface area contributed by atoms with Crippen molar-refractivity contribution >= 4 is 37.1 Å². The van der Waals surface area contributed by atoms with Gasteiger partial charge >= 0.3 is 13.4 Å². The fourth-order valence-corrected chi connectivity index (χ4v) is 1.50. The zero-order valence-electron chi connectivity index (χ0n) is 16.9. The van der Waals surface area contributed by atoms with Gasteiger partial charge in [0.1, 0.15) is 0 Å². The molecule has 0 aliphatic carbocycles. The first kappa shape index (κ1) is 37.4. The molecule has 6 nitrogen and oxygen atoms in total. The molecule has 0 aliphatic heterocycles. The van der Waals surface area contributed by atoms with Crippen LogP contribution in [0.1, 0.15) is 81.1 Å². The topological polar surface area (TPSA) is 121 Å². The number of hydrogen-bond donors (Lipinski definition) is 6. The van der Waals surface area contributed by atoms with Crippen molar-refractivity contribution in [3.05, 3.63) is 0 Å². The van der Waals surface area contributed by atoms with Gasteiger partial charge < -0.3 is 29.4 Å². The molecule has 11 heteroatoms. The van der Waals surface area contributed by atoms with E-state index < -0.39 is 13.4 Å². The molecule has 6 N–H and O–H groups in total. The first-order valence-corrected chi connectivity index (χ1v) is 13.0. The SMILES string of the molecule is CCCC(C)(C)C.CCCC(C)(C)C.OP(O)(O)=S.OP(O)(O)=S.[Zn]. The van der Waals surface area contributed by atoms with E-state index >= 15 is 0 Å². The van der Waals surface area contributed by atoms with Crippen molar-refractivity contribution in [3.8, 4) is 0 Å². The summed E-state index contributed by atoms with van der Waals surface area (Å²) in [6, 6.07) is 0. The predicted molar refractivity (Wildman–Crippen MR) is 111 cm³/mol. The van der Waals surface area contributed by atoms with Crippen molar-refractivity contribution in [2.45, 2.75) is 81.1 Å². The second-order valence-corrected chi connectivity index (χ2v) is 12.6. The molecule has 0 atom stereocenters. The van der Waals surface area contributed by atoms with E-state index in [-0.39, 0.29) is 19.5 Å². The third-order valence-corrected chi connectivity index (χ3v) is 2.00. The van der Waals surface area contributed by atoms with Gasteiger partial charge in [-0.05, 0) is 47.3 Å². The minimum atomic E-state index is -3.81. The van der Waals surface area contributed by atoms with Gasteiger partial charge in [-0.15, -0.1) is 0 Å². The van der Waals surface area contributed by atoms with Crippen LogP contribution in [0, 0.1) is 10.8 Å². The van der Waals surface area contributed by atoms with Gasteiger partial charge in [0.25, 0.3) is 0 Å². The van der Waals surface area contributed by atoms with E-state index in [9.17, 15) is 0 Å². The van der Waals surface area contributed by atoms with Crippen LogP contribution in [-0.2, 0) is 43.1 Å². The maximum absolute atomic E-state index is 7.56. The fraction of sp³-hybridized carbons (Fsp3) is 1.00. The Bertz CT molecular complexity index is 320. The molecule has 0 aromatic heterocycles. The molecule has 0 saturated carbocycles. The van der Waals surface area contributed by atoms with Crippen molar-refractivity contribution in [3.63, 3.8) is 0 Å². The predicted octanol–water partition coefficient (Wildman–Crippen LogP) is 4.04. The molecule has 0 aliphatic rings. The fourth-order valence-electron chi connectivity index (χ4n) is 1.50. The molecule has 0 aromatic carbocycles. The van der Waals surface area contributed by atoms with Crippen LogP contribution in [0.25, 0.3) is 0 Å². The van der Waals surface area contributed by atoms with Gasteiger partial charge in [0.05, 0.1) is 0 Å². The summed E-state index contributed by atoms with van der Waals surface area (Å²) in [6.45, 7) is 10.5. The summed E-state index contributed by atoms with van der Waals surface area (Å²) in [4.78, 5) is 45.3. The van der Waals surface area contributed by atoms with Crippen LogP contribution in [0.15, 0.2) is 0 Å². The monoisotopic (exact) mass is 492 g/mol. The summed E-state index contributed by atoms with van der Waals surface area (Å²) in [5.74, 6) is 0. The van der Waals surface area contributed by atoms with E-state index in [2.05, 4.69) is 79.0 Å². The molecule has 0 radical (unpaired) electrons. The van der Waals surface area contributed by atoms with E-state index in [0.29, 0.717) is 10.8 Å². The van der Waals surface area contributed by atoms with Crippen molar-refractivity contribution < 1.29 is 48.8 Å². The smallest absolute Gasteiger partial charge is 0.319 e. The average Bonchev–Trinajstić information content (AvgIpc) is 2.07. The Balaban J connectivity index is -0.0000000711. The van der Waals surface area contributed by atoms with Crippen molar-refractivity contribution in [2.24, 2.45) is 10.8 Å². The summed E-state index contributed by atoms with van der Waals surface area (Å²) in [5.41, 5.74) is 1.10. The van der Waals surface area contributed by atoms with Gasteiger partial charge in [0, 0.05) is 19.5 Å². The molecule has 154 valence electrons. The van der Waals surface area contributed by atoms with Gasteiger partial charge in [0.2, 0.25) is 0 Å².